The average Bonchev–Trinajstić information content (AvgIpc) is 2.76. The normalized spacial score (nSPS) is 32.4. The van der Waals surface area contributed by atoms with Crippen molar-refractivity contribution in [1.29, 1.82) is 0 Å². The first-order valence-corrected chi connectivity index (χ1v) is 8.60. The van der Waals surface area contributed by atoms with Gasteiger partial charge in [-0.1, -0.05) is 47.0 Å². The Hall–Kier alpha value is 0.0500. The second-order valence-electron chi connectivity index (χ2n) is 5.34. The highest BCUT2D eigenvalue weighted by molar-refractivity contribution is 9.09. The molecule has 0 radical (unpaired) electrons. The predicted octanol–water partition coefficient (Wildman–Crippen LogP) is 5.22. The molecule has 3 unspecified atom stereocenters. The van der Waals surface area contributed by atoms with E-state index in [0.717, 1.165) is 16.7 Å². The van der Waals surface area contributed by atoms with Crippen molar-refractivity contribution < 1.29 is 0 Å². The first kappa shape index (κ1) is 12.1. The van der Waals surface area contributed by atoms with Crippen LogP contribution in [0.5, 0.6) is 0 Å². The molecule has 0 N–H and O–H groups in total. The number of thioether (sulfide) groups is 1. The van der Waals surface area contributed by atoms with Gasteiger partial charge >= 0.3 is 0 Å². The summed E-state index contributed by atoms with van der Waals surface area (Å²) < 4.78 is 0. The van der Waals surface area contributed by atoms with E-state index >= 15 is 0 Å². The molecule has 0 nitrogen and oxygen atoms in total. The van der Waals surface area contributed by atoms with E-state index in [0.29, 0.717) is 0 Å². The van der Waals surface area contributed by atoms with Crippen molar-refractivity contribution in [2.75, 3.05) is 5.75 Å². The fourth-order valence-corrected chi connectivity index (χ4v) is 5.29. The Morgan fingerprint density at radius 3 is 2.88 bits per heavy atom. The van der Waals surface area contributed by atoms with Crippen LogP contribution in [0.1, 0.15) is 43.6 Å². The summed E-state index contributed by atoms with van der Waals surface area (Å²) >= 11 is 5.95. The molecule has 3 rings (SSSR count). The maximum atomic E-state index is 3.90. The van der Waals surface area contributed by atoms with Crippen LogP contribution in [0, 0.1) is 5.92 Å². The van der Waals surface area contributed by atoms with Crippen LogP contribution in [-0.2, 0) is 0 Å². The van der Waals surface area contributed by atoms with E-state index < -0.39 is 0 Å². The molecule has 1 aliphatic carbocycles. The third-order valence-corrected chi connectivity index (χ3v) is 6.66. The fraction of sp³-hybridized carbons (Fsp3) is 0.600. The van der Waals surface area contributed by atoms with Gasteiger partial charge in [0, 0.05) is 15.5 Å². The minimum Gasteiger partial charge on any atom is -0.125 e. The van der Waals surface area contributed by atoms with Crippen molar-refractivity contribution in [3.8, 4) is 0 Å². The summed E-state index contributed by atoms with van der Waals surface area (Å²) in [6.07, 6.45) is 7.06. The minimum absolute atomic E-state index is 0.772. The summed E-state index contributed by atoms with van der Waals surface area (Å²) in [5, 5.41) is 0. The minimum atomic E-state index is 0.772. The quantitative estimate of drug-likeness (QED) is 0.675. The highest BCUT2D eigenvalue weighted by atomic mass is 79.9. The molecule has 2 aliphatic rings. The van der Waals surface area contributed by atoms with Crippen molar-refractivity contribution in [1.82, 2.24) is 0 Å². The topological polar surface area (TPSA) is 0 Å². The molecule has 17 heavy (non-hydrogen) atoms. The van der Waals surface area contributed by atoms with Crippen molar-refractivity contribution in [3.05, 3.63) is 29.8 Å². The number of alkyl halides is 1. The zero-order valence-electron chi connectivity index (χ0n) is 10.1. The number of fused-ring (bicyclic) bond motifs is 1. The predicted molar refractivity (Wildman–Crippen MR) is 79.2 cm³/mol. The first-order valence-electron chi connectivity index (χ1n) is 6.70. The lowest BCUT2D eigenvalue weighted by Crippen LogP contribution is -2.21. The van der Waals surface area contributed by atoms with Crippen LogP contribution in [0.4, 0.5) is 0 Å². The highest BCUT2D eigenvalue weighted by Crippen LogP contribution is 2.45. The summed E-state index contributed by atoms with van der Waals surface area (Å²) in [5.74, 6) is 3.01. The zero-order valence-corrected chi connectivity index (χ0v) is 12.5. The molecule has 1 fully saturated rings. The standard InChI is InChI=1S/C15H19BrS/c16-14-7-3-1-5-11(14)9-12-10-17-15-8-4-2-6-13(12)15/h2,4,6,8,11-12,14H,1,3,5,7,9-10H2. The van der Waals surface area contributed by atoms with Crippen LogP contribution >= 0.6 is 27.7 Å². The van der Waals surface area contributed by atoms with Gasteiger partial charge in [0.05, 0.1) is 0 Å². The van der Waals surface area contributed by atoms with Crippen molar-refractivity contribution in [2.45, 2.75) is 47.7 Å². The lowest BCUT2D eigenvalue weighted by molar-refractivity contribution is 0.339. The lowest BCUT2D eigenvalue weighted by Gasteiger charge is -2.29. The van der Waals surface area contributed by atoms with Gasteiger partial charge in [-0.15, -0.1) is 11.8 Å². The lowest BCUT2D eigenvalue weighted by atomic mass is 9.81. The van der Waals surface area contributed by atoms with E-state index in [4.69, 9.17) is 0 Å². The molecule has 1 aromatic carbocycles. The molecule has 3 atom stereocenters. The van der Waals surface area contributed by atoms with Gasteiger partial charge in [0.25, 0.3) is 0 Å². The van der Waals surface area contributed by atoms with E-state index in [1.807, 2.05) is 0 Å². The molecule has 2 heteroatoms. The summed E-state index contributed by atoms with van der Waals surface area (Å²) in [4.78, 5) is 2.30. The molecular formula is C15H19BrS. The van der Waals surface area contributed by atoms with Crippen LogP contribution < -0.4 is 0 Å². The molecule has 1 aliphatic heterocycles. The molecule has 0 aromatic heterocycles. The third-order valence-electron chi connectivity index (χ3n) is 4.20. The van der Waals surface area contributed by atoms with E-state index in [1.165, 1.54) is 42.8 Å². The molecule has 92 valence electrons. The molecule has 0 saturated heterocycles. The summed E-state index contributed by atoms with van der Waals surface area (Å²) in [6, 6.07) is 8.99. The van der Waals surface area contributed by atoms with Crippen LogP contribution in [0.25, 0.3) is 0 Å². The van der Waals surface area contributed by atoms with Gasteiger partial charge in [0.1, 0.15) is 0 Å². The maximum Gasteiger partial charge on any atom is 0.0174 e. The van der Waals surface area contributed by atoms with E-state index in [9.17, 15) is 0 Å². The van der Waals surface area contributed by atoms with Crippen LogP contribution in [-0.4, -0.2) is 10.6 Å². The molecule has 1 saturated carbocycles. The molecule has 0 amide bonds. The van der Waals surface area contributed by atoms with Gasteiger partial charge in [0.2, 0.25) is 0 Å². The molecule has 1 heterocycles. The van der Waals surface area contributed by atoms with Gasteiger partial charge in [-0.3, -0.25) is 0 Å². The molecular weight excluding hydrogens is 292 g/mol. The second-order valence-corrected chi connectivity index (χ2v) is 7.58. The van der Waals surface area contributed by atoms with Crippen molar-refractivity contribution in [2.24, 2.45) is 5.92 Å². The summed E-state index contributed by atoms with van der Waals surface area (Å²) in [7, 11) is 0. The Kier molecular flexibility index (Phi) is 3.81. The Bertz CT molecular complexity index is 390. The third kappa shape index (κ3) is 2.58. The van der Waals surface area contributed by atoms with Gasteiger partial charge in [-0.2, -0.15) is 0 Å². The van der Waals surface area contributed by atoms with E-state index in [1.54, 1.807) is 5.56 Å². The summed E-state index contributed by atoms with van der Waals surface area (Å²) in [6.45, 7) is 0. The number of halogens is 1. The Morgan fingerprint density at radius 1 is 1.18 bits per heavy atom. The van der Waals surface area contributed by atoms with Crippen molar-refractivity contribution >= 4 is 27.7 Å². The second kappa shape index (κ2) is 5.36. The number of hydrogen-bond donors (Lipinski definition) is 0. The van der Waals surface area contributed by atoms with Gasteiger partial charge in [0.15, 0.2) is 0 Å². The zero-order chi connectivity index (χ0) is 11.7. The Balaban J connectivity index is 1.70. The number of hydrogen-bond acceptors (Lipinski definition) is 1. The number of rotatable bonds is 2. The van der Waals surface area contributed by atoms with E-state index in [2.05, 4.69) is 52.0 Å². The van der Waals surface area contributed by atoms with Crippen molar-refractivity contribution in [3.63, 3.8) is 0 Å². The Morgan fingerprint density at radius 2 is 2.00 bits per heavy atom. The van der Waals surface area contributed by atoms with Crippen LogP contribution in [0.3, 0.4) is 0 Å². The Labute approximate surface area is 117 Å². The van der Waals surface area contributed by atoms with Gasteiger partial charge in [-0.25, -0.2) is 0 Å². The average molecular weight is 311 g/mol. The highest BCUT2D eigenvalue weighted by Gasteiger charge is 2.29. The molecule has 0 bridgehead atoms. The SMILES string of the molecule is BrC1CCCCC1CC1CSc2ccccc21. The van der Waals surface area contributed by atoms with Gasteiger partial charge in [-0.05, 0) is 42.7 Å². The molecule has 1 aromatic rings. The summed E-state index contributed by atoms with van der Waals surface area (Å²) in [5.41, 5.74) is 1.61. The van der Waals surface area contributed by atoms with Crippen LogP contribution in [0.2, 0.25) is 0 Å². The number of benzene rings is 1. The van der Waals surface area contributed by atoms with E-state index in [-0.39, 0.29) is 0 Å². The fourth-order valence-electron chi connectivity index (χ4n) is 3.22. The van der Waals surface area contributed by atoms with Gasteiger partial charge < -0.3 is 0 Å². The smallest absolute Gasteiger partial charge is 0.0174 e. The monoisotopic (exact) mass is 310 g/mol. The van der Waals surface area contributed by atoms with Crippen LogP contribution in [0.15, 0.2) is 29.2 Å². The molecule has 0 spiro atoms. The largest absolute Gasteiger partial charge is 0.125 e. The maximum absolute atomic E-state index is 3.90. The first-order chi connectivity index (χ1) is 8.34.